The minimum Gasteiger partial charge on any atom is -0.493 e. The summed E-state index contributed by atoms with van der Waals surface area (Å²) in [7, 11) is 3.35. The third kappa shape index (κ3) is 5.99. The first-order valence-corrected chi connectivity index (χ1v) is 13.7. The molecule has 2 N–H and O–H groups in total. The van der Waals surface area contributed by atoms with Gasteiger partial charge in [-0.15, -0.1) is 0 Å². The number of aromatic nitrogens is 2. The number of para-hydroxylation sites is 1. The van der Waals surface area contributed by atoms with Gasteiger partial charge in [0.15, 0.2) is 11.5 Å². The minimum atomic E-state index is -3.62. The fourth-order valence-corrected chi connectivity index (χ4v) is 5.78. The highest BCUT2D eigenvalue weighted by Crippen LogP contribution is 2.31. The lowest BCUT2D eigenvalue weighted by molar-refractivity contribution is 0.284. The average Bonchev–Trinajstić information content (AvgIpc) is 2.90. The predicted octanol–water partition coefficient (Wildman–Crippen LogP) is 3.91. The van der Waals surface area contributed by atoms with E-state index in [-0.39, 0.29) is 4.90 Å². The number of hydrogen-bond acceptors (Lipinski definition) is 8. The van der Waals surface area contributed by atoms with Crippen LogP contribution in [0.5, 0.6) is 11.5 Å². The van der Waals surface area contributed by atoms with E-state index >= 15 is 0 Å². The van der Waals surface area contributed by atoms with Gasteiger partial charge in [-0.1, -0.05) is 12.1 Å². The maximum Gasteiger partial charge on any atom is 0.240 e. The standard InChI is InChI=1S/C26H35N5O4S/c1-31(2)25-21-7-5-6-8-22(21)29-26(30-25)27-16-18-9-11-19(12-10-18)17-28-36(32,33)20-13-14-23(34-3)24(15-20)35-4/h5-8,13-15,18-19,28H,9-12,16-17H2,1-4H3,(H,27,29,30). The van der Waals surface area contributed by atoms with Gasteiger partial charge in [0, 0.05) is 38.6 Å². The number of rotatable bonds is 10. The number of nitrogens with one attached hydrogen (secondary N) is 2. The van der Waals surface area contributed by atoms with Crippen LogP contribution < -0.4 is 24.4 Å². The number of fused-ring (bicyclic) bond motifs is 1. The lowest BCUT2D eigenvalue weighted by Crippen LogP contribution is -2.32. The zero-order valence-electron chi connectivity index (χ0n) is 21.3. The maximum absolute atomic E-state index is 12.8. The molecule has 0 radical (unpaired) electrons. The van der Waals surface area contributed by atoms with Crippen LogP contribution in [0.3, 0.4) is 0 Å². The number of benzene rings is 2. The minimum absolute atomic E-state index is 0.172. The summed E-state index contributed by atoms with van der Waals surface area (Å²) in [5.41, 5.74) is 0.921. The van der Waals surface area contributed by atoms with Gasteiger partial charge in [0.25, 0.3) is 0 Å². The van der Waals surface area contributed by atoms with Gasteiger partial charge in [-0.3, -0.25) is 0 Å². The second-order valence-corrected chi connectivity index (χ2v) is 11.2. The van der Waals surface area contributed by atoms with Crippen LogP contribution in [0.2, 0.25) is 0 Å². The van der Waals surface area contributed by atoms with Crippen molar-refractivity contribution in [2.75, 3.05) is 51.6 Å². The van der Waals surface area contributed by atoms with Crippen LogP contribution >= 0.6 is 0 Å². The molecule has 1 heterocycles. The monoisotopic (exact) mass is 513 g/mol. The van der Waals surface area contributed by atoms with Crippen molar-refractivity contribution in [1.82, 2.24) is 14.7 Å². The van der Waals surface area contributed by atoms with E-state index in [1.165, 1.54) is 26.4 Å². The van der Waals surface area contributed by atoms with E-state index < -0.39 is 10.0 Å². The van der Waals surface area contributed by atoms with E-state index in [1.54, 1.807) is 6.07 Å². The smallest absolute Gasteiger partial charge is 0.240 e. The summed E-state index contributed by atoms with van der Waals surface area (Å²) >= 11 is 0. The predicted molar refractivity (Wildman–Crippen MR) is 143 cm³/mol. The molecular formula is C26H35N5O4S. The lowest BCUT2D eigenvalue weighted by atomic mass is 9.82. The van der Waals surface area contributed by atoms with Crippen LogP contribution in [-0.4, -0.2) is 59.8 Å². The zero-order valence-corrected chi connectivity index (χ0v) is 22.1. The molecular weight excluding hydrogens is 478 g/mol. The Kier molecular flexibility index (Phi) is 8.15. The lowest BCUT2D eigenvalue weighted by Gasteiger charge is -2.28. The van der Waals surface area contributed by atoms with Crippen molar-refractivity contribution in [2.45, 2.75) is 30.6 Å². The normalized spacial score (nSPS) is 18.1. The molecule has 0 spiro atoms. The second-order valence-electron chi connectivity index (χ2n) is 9.42. The molecule has 10 heteroatoms. The molecule has 0 amide bonds. The molecule has 1 aromatic heterocycles. The van der Waals surface area contributed by atoms with Crippen LogP contribution in [0.4, 0.5) is 11.8 Å². The Hall–Kier alpha value is -3.11. The molecule has 0 aliphatic heterocycles. The zero-order chi connectivity index (χ0) is 25.7. The molecule has 0 atom stereocenters. The summed E-state index contributed by atoms with van der Waals surface area (Å²) < 4.78 is 38.8. The molecule has 0 bridgehead atoms. The highest BCUT2D eigenvalue weighted by atomic mass is 32.2. The van der Waals surface area contributed by atoms with Crippen molar-refractivity contribution in [3.8, 4) is 11.5 Å². The van der Waals surface area contributed by atoms with Crippen LogP contribution in [-0.2, 0) is 10.0 Å². The van der Waals surface area contributed by atoms with E-state index in [1.807, 2.05) is 43.3 Å². The molecule has 36 heavy (non-hydrogen) atoms. The first kappa shape index (κ1) is 26.0. The average molecular weight is 514 g/mol. The van der Waals surface area contributed by atoms with Gasteiger partial charge in [-0.25, -0.2) is 18.1 Å². The topological polar surface area (TPSA) is 106 Å². The Morgan fingerprint density at radius 1 is 0.917 bits per heavy atom. The number of anilines is 2. The fraction of sp³-hybridized carbons (Fsp3) is 0.462. The van der Waals surface area contributed by atoms with Gasteiger partial charge in [0.1, 0.15) is 5.82 Å². The highest BCUT2D eigenvalue weighted by Gasteiger charge is 2.24. The fourth-order valence-electron chi connectivity index (χ4n) is 4.65. The number of hydrogen-bond donors (Lipinski definition) is 2. The van der Waals surface area contributed by atoms with Crippen LogP contribution in [0.1, 0.15) is 25.7 Å². The number of sulfonamides is 1. The molecule has 0 unspecified atom stereocenters. The quantitative estimate of drug-likeness (QED) is 0.420. The van der Waals surface area contributed by atoms with Gasteiger partial charge in [0.05, 0.1) is 24.6 Å². The van der Waals surface area contributed by atoms with Crippen LogP contribution in [0, 0.1) is 11.8 Å². The van der Waals surface area contributed by atoms with Crippen molar-refractivity contribution < 1.29 is 17.9 Å². The molecule has 1 fully saturated rings. The number of nitrogens with zero attached hydrogens (tertiary/aromatic N) is 3. The van der Waals surface area contributed by atoms with E-state index in [9.17, 15) is 8.42 Å². The molecule has 1 aliphatic rings. The molecule has 1 aliphatic carbocycles. The molecule has 4 rings (SSSR count). The third-order valence-corrected chi connectivity index (χ3v) is 8.17. The summed E-state index contributed by atoms with van der Waals surface area (Å²) in [5.74, 6) is 3.24. The molecule has 1 saturated carbocycles. The Bertz CT molecular complexity index is 1290. The van der Waals surface area contributed by atoms with Gasteiger partial charge >= 0.3 is 0 Å². The summed E-state index contributed by atoms with van der Waals surface area (Å²) in [6.45, 7) is 1.23. The Balaban J connectivity index is 1.29. The van der Waals surface area contributed by atoms with Crippen molar-refractivity contribution in [3.63, 3.8) is 0 Å². The molecule has 9 nitrogen and oxygen atoms in total. The molecule has 194 valence electrons. The van der Waals surface area contributed by atoms with Crippen molar-refractivity contribution in [2.24, 2.45) is 11.8 Å². The Labute approximate surface area is 213 Å². The largest absolute Gasteiger partial charge is 0.493 e. The van der Waals surface area contributed by atoms with Crippen molar-refractivity contribution in [3.05, 3.63) is 42.5 Å². The van der Waals surface area contributed by atoms with Gasteiger partial charge < -0.3 is 19.7 Å². The Morgan fingerprint density at radius 3 is 2.25 bits per heavy atom. The van der Waals surface area contributed by atoms with Crippen LogP contribution in [0.25, 0.3) is 10.9 Å². The third-order valence-electron chi connectivity index (χ3n) is 6.75. The summed E-state index contributed by atoms with van der Waals surface area (Å²) in [5, 5.41) is 4.46. The van der Waals surface area contributed by atoms with E-state index in [2.05, 4.69) is 15.0 Å². The van der Waals surface area contributed by atoms with E-state index in [0.717, 1.165) is 48.9 Å². The van der Waals surface area contributed by atoms with Gasteiger partial charge in [-0.05, 0) is 61.8 Å². The highest BCUT2D eigenvalue weighted by molar-refractivity contribution is 7.89. The first-order chi connectivity index (χ1) is 17.3. The number of methoxy groups -OCH3 is 2. The van der Waals surface area contributed by atoms with E-state index in [4.69, 9.17) is 14.5 Å². The number of ether oxygens (including phenoxy) is 2. The van der Waals surface area contributed by atoms with Crippen molar-refractivity contribution >= 4 is 32.7 Å². The molecule has 3 aromatic rings. The summed E-state index contributed by atoms with van der Waals surface area (Å²) in [6.07, 6.45) is 4.01. The van der Waals surface area contributed by atoms with Gasteiger partial charge in [-0.2, -0.15) is 4.98 Å². The molecule has 0 saturated heterocycles. The second kappa shape index (κ2) is 11.3. The van der Waals surface area contributed by atoms with Crippen molar-refractivity contribution in [1.29, 1.82) is 0 Å². The first-order valence-electron chi connectivity index (χ1n) is 12.2. The SMILES string of the molecule is COc1ccc(S(=O)(=O)NCC2CCC(CNc3nc(N(C)C)c4ccccc4n3)CC2)cc1OC. The summed E-state index contributed by atoms with van der Waals surface area (Å²) in [6, 6.07) is 12.6. The van der Waals surface area contributed by atoms with E-state index in [0.29, 0.717) is 35.8 Å². The maximum atomic E-state index is 12.8. The van der Waals surface area contributed by atoms with Crippen LogP contribution in [0.15, 0.2) is 47.4 Å². The van der Waals surface area contributed by atoms with Gasteiger partial charge in [0.2, 0.25) is 16.0 Å². The Morgan fingerprint density at radius 2 is 1.58 bits per heavy atom. The summed E-state index contributed by atoms with van der Waals surface area (Å²) in [4.78, 5) is 11.6. The molecule has 2 aromatic carbocycles.